The highest BCUT2D eigenvalue weighted by Gasteiger charge is 2.46. The Labute approximate surface area is 238 Å². The van der Waals surface area contributed by atoms with E-state index in [2.05, 4.69) is 15.2 Å². The van der Waals surface area contributed by atoms with Crippen molar-refractivity contribution in [3.8, 4) is 0 Å². The molecule has 2 saturated heterocycles. The van der Waals surface area contributed by atoms with E-state index < -0.39 is 17.7 Å². The Morgan fingerprint density at radius 2 is 1.95 bits per heavy atom. The van der Waals surface area contributed by atoms with Gasteiger partial charge in [0.25, 0.3) is 0 Å². The molecular weight excluding hydrogens is 526 g/mol. The lowest BCUT2D eigenvalue weighted by atomic mass is 9.90. The molecule has 8 nitrogen and oxygen atoms in total. The standard InChI is InChI=1S/C31H38F2N6O2/c1-34-23-8-12-39(28(16-23)24-15-22(32)5-6-26(24)33)30(41)37-13-14-38(31(20-37)9-3-4-10-31)19-21-18-36(2)27-7-11-35-17-25(27)29(21)40/h5-7,11,15,17-18,23,28,34H,3-4,8-10,12-14,16,19-20H2,1-2H3/t23-,28+/m1/s1. The number of nitrogens with one attached hydrogen (secondary N) is 1. The van der Waals surface area contributed by atoms with Crippen LogP contribution >= 0.6 is 0 Å². The molecule has 1 spiro atoms. The number of amides is 2. The van der Waals surface area contributed by atoms with Crippen LogP contribution in [0.3, 0.4) is 0 Å². The van der Waals surface area contributed by atoms with Crippen LogP contribution in [0.5, 0.6) is 0 Å². The highest BCUT2D eigenvalue weighted by Crippen LogP contribution is 2.40. The minimum Gasteiger partial charge on any atom is -0.350 e. The number of nitrogens with zero attached hydrogens (tertiary/aromatic N) is 5. The Morgan fingerprint density at radius 1 is 1.15 bits per heavy atom. The predicted octanol–water partition coefficient (Wildman–Crippen LogP) is 4.19. The van der Waals surface area contributed by atoms with Crippen molar-refractivity contribution in [1.29, 1.82) is 0 Å². The number of piperidine rings is 1. The monoisotopic (exact) mass is 564 g/mol. The van der Waals surface area contributed by atoms with Gasteiger partial charge in [-0.2, -0.15) is 0 Å². The van der Waals surface area contributed by atoms with Gasteiger partial charge in [0, 0.05) is 81.1 Å². The average molecular weight is 565 g/mol. The summed E-state index contributed by atoms with van der Waals surface area (Å²) in [5.74, 6) is -0.996. The number of benzene rings is 1. The summed E-state index contributed by atoms with van der Waals surface area (Å²) >= 11 is 0. The van der Waals surface area contributed by atoms with Crippen LogP contribution in [0.4, 0.5) is 13.6 Å². The molecule has 1 saturated carbocycles. The maximum Gasteiger partial charge on any atom is 0.320 e. The molecule has 2 aliphatic heterocycles. The molecule has 41 heavy (non-hydrogen) atoms. The van der Waals surface area contributed by atoms with E-state index in [1.54, 1.807) is 17.3 Å². The molecule has 3 aromatic rings. The molecule has 0 radical (unpaired) electrons. The van der Waals surface area contributed by atoms with Gasteiger partial charge in [0.1, 0.15) is 11.6 Å². The van der Waals surface area contributed by atoms with Crippen molar-refractivity contribution in [2.45, 2.75) is 62.7 Å². The highest BCUT2D eigenvalue weighted by atomic mass is 19.1. The van der Waals surface area contributed by atoms with Crippen LogP contribution in [-0.4, -0.2) is 75.1 Å². The summed E-state index contributed by atoms with van der Waals surface area (Å²) in [4.78, 5) is 37.7. The summed E-state index contributed by atoms with van der Waals surface area (Å²) in [6, 6.07) is 4.80. The van der Waals surface area contributed by atoms with Gasteiger partial charge >= 0.3 is 6.03 Å². The first-order valence-corrected chi connectivity index (χ1v) is 14.6. The summed E-state index contributed by atoms with van der Waals surface area (Å²) in [5, 5.41) is 3.87. The molecule has 2 aromatic heterocycles. The zero-order valence-electron chi connectivity index (χ0n) is 23.8. The normalized spacial score (nSPS) is 23.0. The Bertz CT molecular complexity index is 1500. The quantitative estimate of drug-likeness (QED) is 0.515. The van der Waals surface area contributed by atoms with Crippen LogP contribution in [0.25, 0.3) is 10.9 Å². The Morgan fingerprint density at radius 3 is 2.73 bits per heavy atom. The third-order valence-electron chi connectivity index (χ3n) is 9.60. The predicted molar refractivity (Wildman–Crippen MR) is 153 cm³/mol. The van der Waals surface area contributed by atoms with Gasteiger partial charge in [-0.15, -0.1) is 0 Å². The van der Waals surface area contributed by atoms with E-state index in [0.717, 1.165) is 55.3 Å². The Hall–Kier alpha value is -3.37. The number of aromatic nitrogens is 2. The highest BCUT2D eigenvalue weighted by molar-refractivity contribution is 5.78. The molecule has 2 amide bonds. The third kappa shape index (κ3) is 5.12. The number of carbonyl (C=O) groups is 1. The molecule has 1 aromatic carbocycles. The van der Waals surface area contributed by atoms with Gasteiger partial charge in [-0.3, -0.25) is 14.7 Å². The lowest BCUT2D eigenvalue weighted by Crippen LogP contribution is -2.64. The molecule has 1 aliphatic carbocycles. The van der Waals surface area contributed by atoms with E-state index in [9.17, 15) is 18.4 Å². The smallest absolute Gasteiger partial charge is 0.320 e. The van der Waals surface area contributed by atoms with Gasteiger partial charge in [0.2, 0.25) is 0 Å². The summed E-state index contributed by atoms with van der Waals surface area (Å²) in [6.07, 6.45) is 10.6. The van der Waals surface area contributed by atoms with Crippen LogP contribution in [-0.2, 0) is 13.6 Å². The van der Waals surface area contributed by atoms with Crippen molar-refractivity contribution in [2.24, 2.45) is 7.05 Å². The number of fused-ring (bicyclic) bond motifs is 1. The number of carbonyl (C=O) groups excluding carboxylic acids is 1. The Kier molecular flexibility index (Phi) is 7.54. The van der Waals surface area contributed by atoms with Crippen LogP contribution in [0.1, 0.15) is 55.7 Å². The lowest BCUT2D eigenvalue weighted by molar-refractivity contribution is -0.00239. The number of hydrogen-bond donors (Lipinski definition) is 1. The third-order valence-corrected chi connectivity index (χ3v) is 9.60. The van der Waals surface area contributed by atoms with Crippen molar-refractivity contribution in [3.63, 3.8) is 0 Å². The van der Waals surface area contributed by atoms with Crippen molar-refractivity contribution in [1.82, 2.24) is 29.6 Å². The number of urea groups is 1. The van der Waals surface area contributed by atoms with Gasteiger partial charge in [-0.25, -0.2) is 13.6 Å². The molecular formula is C31H38F2N6O2. The van der Waals surface area contributed by atoms with Gasteiger partial charge in [-0.1, -0.05) is 12.8 Å². The van der Waals surface area contributed by atoms with Crippen molar-refractivity contribution in [3.05, 3.63) is 75.8 Å². The molecule has 0 bridgehead atoms. The average Bonchev–Trinajstić information content (AvgIpc) is 3.46. The minimum atomic E-state index is -0.545. The van der Waals surface area contributed by atoms with E-state index in [1.165, 1.54) is 6.07 Å². The first-order chi connectivity index (χ1) is 19.8. The molecule has 1 N–H and O–H groups in total. The van der Waals surface area contributed by atoms with Crippen LogP contribution in [0.2, 0.25) is 0 Å². The maximum atomic E-state index is 14.9. The number of pyridine rings is 2. The number of hydrogen-bond acceptors (Lipinski definition) is 5. The Balaban J connectivity index is 1.26. The summed E-state index contributed by atoms with van der Waals surface area (Å²) in [6.45, 7) is 2.71. The summed E-state index contributed by atoms with van der Waals surface area (Å²) < 4.78 is 31.1. The SMILES string of the molecule is CN[C@@H]1CCN(C(=O)N2CCN(Cc3cn(C)c4ccncc4c3=O)C3(CCCC3)C2)[C@H](c2cc(F)ccc2F)C1. The molecule has 3 fully saturated rings. The fourth-order valence-corrected chi connectivity index (χ4v) is 7.36. The molecule has 10 heteroatoms. The van der Waals surface area contributed by atoms with Gasteiger partial charge in [-0.05, 0) is 57.0 Å². The number of halogens is 2. The number of likely N-dealkylation sites (tertiary alicyclic amines) is 1. The first-order valence-electron chi connectivity index (χ1n) is 14.6. The first kappa shape index (κ1) is 27.8. The van der Waals surface area contributed by atoms with E-state index in [4.69, 9.17) is 0 Å². The second kappa shape index (κ2) is 11.1. The van der Waals surface area contributed by atoms with E-state index in [-0.39, 0.29) is 28.6 Å². The van der Waals surface area contributed by atoms with Gasteiger partial charge in [0.15, 0.2) is 5.43 Å². The van der Waals surface area contributed by atoms with E-state index in [0.29, 0.717) is 44.5 Å². The zero-order valence-corrected chi connectivity index (χ0v) is 23.8. The van der Waals surface area contributed by atoms with E-state index >= 15 is 0 Å². The van der Waals surface area contributed by atoms with Gasteiger partial charge in [0.05, 0.1) is 16.9 Å². The largest absolute Gasteiger partial charge is 0.350 e. The van der Waals surface area contributed by atoms with Crippen molar-refractivity contribution in [2.75, 3.05) is 33.2 Å². The fourth-order valence-electron chi connectivity index (χ4n) is 7.36. The minimum absolute atomic E-state index is 0.00483. The second-order valence-corrected chi connectivity index (χ2v) is 11.9. The van der Waals surface area contributed by atoms with Gasteiger partial charge < -0.3 is 19.7 Å². The molecule has 218 valence electrons. The molecule has 3 aliphatic rings. The molecule has 4 heterocycles. The van der Waals surface area contributed by atoms with Crippen LogP contribution in [0.15, 0.2) is 47.7 Å². The fraction of sp³-hybridized carbons (Fsp3) is 0.516. The number of rotatable bonds is 4. The summed E-state index contributed by atoms with van der Waals surface area (Å²) in [7, 11) is 3.81. The summed E-state index contributed by atoms with van der Waals surface area (Å²) in [5.41, 5.74) is 1.60. The topological polar surface area (TPSA) is 73.7 Å². The maximum absolute atomic E-state index is 14.9. The molecule has 2 atom stereocenters. The van der Waals surface area contributed by atoms with Crippen LogP contribution in [0, 0.1) is 11.6 Å². The zero-order chi connectivity index (χ0) is 28.7. The molecule has 6 rings (SSSR count). The lowest BCUT2D eigenvalue weighted by Gasteiger charge is -2.51. The second-order valence-electron chi connectivity index (χ2n) is 11.9. The molecule has 0 unspecified atom stereocenters. The van der Waals surface area contributed by atoms with Crippen molar-refractivity contribution < 1.29 is 13.6 Å². The van der Waals surface area contributed by atoms with Crippen LogP contribution < -0.4 is 10.7 Å². The number of piperazine rings is 1. The van der Waals surface area contributed by atoms with E-state index in [1.807, 2.05) is 35.8 Å². The number of aryl methyl sites for hydroxylation is 1. The van der Waals surface area contributed by atoms with Crippen molar-refractivity contribution >= 4 is 16.9 Å².